The van der Waals surface area contributed by atoms with E-state index in [4.69, 9.17) is 9.79 Å². The van der Waals surface area contributed by atoms with Crippen LogP contribution in [0.5, 0.6) is 0 Å². The lowest BCUT2D eigenvalue weighted by Crippen LogP contribution is -2.36. The molecule has 1 amide bonds. The van der Waals surface area contributed by atoms with Crippen molar-refractivity contribution in [3.63, 3.8) is 0 Å². The van der Waals surface area contributed by atoms with E-state index in [0.717, 1.165) is 0 Å². The Bertz CT molecular complexity index is 289. The topological polar surface area (TPSA) is 107 Å². The summed E-state index contributed by atoms with van der Waals surface area (Å²) in [6.07, 6.45) is -0.376. The molecule has 88 valence electrons. The Labute approximate surface area is 86.9 Å². The van der Waals surface area contributed by atoms with Crippen LogP contribution in [0.3, 0.4) is 0 Å². The second-order valence-electron chi connectivity index (χ2n) is 3.50. The van der Waals surface area contributed by atoms with Gasteiger partial charge in [0.25, 0.3) is 0 Å². The summed E-state index contributed by atoms with van der Waals surface area (Å²) < 4.78 is 14.8. The second-order valence-corrected chi connectivity index (χ2v) is 4.74. The van der Waals surface area contributed by atoms with Crippen molar-refractivity contribution in [2.45, 2.75) is 25.5 Å². The molecule has 1 heterocycles. The van der Waals surface area contributed by atoms with Gasteiger partial charge in [0, 0.05) is 13.5 Å². The van der Waals surface area contributed by atoms with E-state index in [1.165, 1.54) is 11.8 Å². The number of phosphoric acid groups is 1. The van der Waals surface area contributed by atoms with Crippen LogP contribution in [0, 0.1) is 0 Å². The highest BCUT2D eigenvalue weighted by Crippen LogP contribution is 2.36. The van der Waals surface area contributed by atoms with Crippen molar-refractivity contribution in [2.24, 2.45) is 0 Å². The number of phosphoric ester groups is 1. The highest BCUT2D eigenvalue weighted by molar-refractivity contribution is 7.46. The fraction of sp³-hybridized carbons (Fsp3) is 0.857. The molecule has 3 N–H and O–H groups in total. The normalized spacial score (nSPS) is 27.1. The summed E-state index contributed by atoms with van der Waals surface area (Å²) in [5.74, 6) is -0.245. The van der Waals surface area contributed by atoms with Gasteiger partial charge >= 0.3 is 7.82 Å². The Hall–Kier alpha value is -0.460. The molecular weight excluding hydrogens is 225 g/mol. The standard InChI is InChI=1S/C7H14NO6P/c1-5(9)8-3-7(10)2-6(8)4-14-15(11,12)13/h6-7,10H,2-4H2,1H3,(H2,11,12,13)/t6-,7+/m0/s1. The highest BCUT2D eigenvalue weighted by atomic mass is 31.2. The molecule has 1 aliphatic heterocycles. The Balaban J connectivity index is 2.53. The molecule has 1 aliphatic rings. The monoisotopic (exact) mass is 239 g/mol. The SMILES string of the molecule is CC(=O)N1C[C@H](O)C[C@H]1COP(=O)(O)O. The first-order chi connectivity index (χ1) is 6.79. The zero-order valence-electron chi connectivity index (χ0n) is 8.24. The number of hydrogen-bond donors (Lipinski definition) is 3. The van der Waals surface area contributed by atoms with Crippen LogP contribution in [0.25, 0.3) is 0 Å². The van der Waals surface area contributed by atoms with E-state index in [1.807, 2.05) is 0 Å². The van der Waals surface area contributed by atoms with E-state index >= 15 is 0 Å². The van der Waals surface area contributed by atoms with E-state index in [0.29, 0.717) is 0 Å². The van der Waals surface area contributed by atoms with Crippen molar-refractivity contribution in [1.29, 1.82) is 0 Å². The van der Waals surface area contributed by atoms with Gasteiger partial charge in [-0.25, -0.2) is 4.57 Å². The lowest BCUT2D eigenvalue weighted by Gasteiger charge is -2.22. The molecule has 15 heavy (non-hydrogen) atoms. The van der Waals surface area contributed by atoms with Gasteiger partial charge in [-0.05, 0) is 6.42 Å². The van der Waals surface area contributed by atoms with Crippen molar-refractivity contribution in [2.75, 3.05) is 13.2 Å². The molecule has 0 saturated carbocycles. The zero-order chi connectivity index (χ0) is 11.6. The van der Waals surface area contributed by atoms with Crippen molar-refractivity contribution in [1.82, 2.24) is 4.90 Å². The minimum atomic E-state index is -4.51. The number of carbonyl (C=O) groups excluding carboxylic acids is 1. The summed E-state index contributed by atoms with van der Waals surface area (Å²) in [5.41, 5.74) is 0. The minimum Gasteiger partial charge on any atom is -0.391 e. The zero-order valence-corrected chi connectivity index (χ0v) is 9.13. The first-order valence-electron chi connectivity index (χ1n) is 4.45. The van der Waals surface area contributed by atoms with Gasteiger partial charge in [-0.2, -0.15) is 0 Å². The van der Waals surface area contributed by atoms with E-state index in [-0.39, 0.29) is 25.5 Å². The Morgan fingerprint density at radius 2 is 2.20 bits per heavy atom. The van der Waals surface area contributed by atoms with Gasteiger partial charge in [0.2, 0.25) is 5.91 Å². The lowest BCUT2D eigenvalue weighted by atomic mass is 10.2. The Morgan fingerprint density at radius 1 is 1.60 bits per heavy atom. The number of hydrogen-bond acceptors (Lipinski definition) is 4. The molecule has 0 unspecified atom stereocenters. The first-order valence-corrected chi connectivity index (χ1v) is 5.98. The van der Waals surface area contributed by atoms with Crippen molar-refractivity contribution in [3.05, 3.63) is 0 Å². The molecule has 1 saturated heterocycles. The maximum atomic E-state index is 11.1. The van der Waals surface area contributed by atoms with Gasteiger partial charge in [-0.15, -0.1) is 0 Å². The fourth-order valence-electron chi connectivity index (χ4n) is 1.62. The van der Waals surface area contributed by atoms with Crippen LogP contribution in [0.2, 0.25) is 0 Å². The van der Waals surface area contributed by atoms with Crippen LogP contribution < -0.4 is 0 Å². The number of likely N-dealkylation sites (tertiary alicyclic amines) is 1. The van der Waals surface area contributed by atoms with E-state index in [2.05, 4.69) is 4.52 Å². The molecule has 8 heteroatoms. The van der Waals surface area contributed by atoms with Gasteiger partial charge in [-0.3, -0.25) is 9.32 Å². The summed E-state index contributed by atoms with van der Waals surface area (Å²) in [6.45, 7) is 1.26. The predicted molar refractivity (Wildman–Crippen MR) is 49.8 cm³/mol. The van der Waals surface area contributed by atoms with Crippen LogP contribution in [-0.2, 0) is 13.9 Å². The molecule has 0 spiro atoms. The summed E-state index contributed by atoms with van der Waals surface area (Å²) in [4.78, 5) is 29.4. The molecule has 0 aromatic carbocycles. The van der Waals surface area contributed by atoms with Crippen LogP contribution in [0.4, 0.5) is 0 Å². The van der Waals surface area contributed by atoms with E-state index in [1.54, 1.807) is 0 Å². The maximum Gasteiger partial charge on any atom is 0.469 e. The number of carbonyl (C=O) groups is 1. The van der Waals surface area contributed by atoms with Crippen molar-refractivity contribution < 1.29 is 28.8 Å². The second kappa shape index (κ2) is 4.59. The average molecular weight is 239 g/mol. The summed E-state index contributed by atoms with van der Waals surface area (Å²) >= 11 is 0. The summed E-state index contributed by atoms with van der Waals surface area (Å²) in [6, 6.07) is -0.467. The largest absolute Gasteiger partial charge is 0.469 e. The van der Waals surface area contributed by atoms with Gasteiger partial charge in [-0.1, -0.05) is 0 Å². The molecular formula is C7H14NO6P. The Kier molecular flexibility index (Phi) is 3.86. The van der Waals surface area contributed by atoms with Gasteiger partial charge in [0.15, 0.2) is 0 Å². The third-order valence-corrected chi connectivity index (χ3v) is 2.72. The van der Waals surface area contributed by atoms with Crippen molar-refractivity contribution >= 4 is 13.7 Å². The molecule has 7 nitrogen and oxygen atoms in total. The van der Waals surface area contributed by atoms with Gasteiger partial charge in [0.05, 0.1) is 18.8 Å². The molecule has 0 aromatic heterocycles. The average Bonchev–Trinajstić information content (AvgIpc) is 2.42. The number of amides is 1. The van der Waals surface area contributed by atoms with Gasteiger partial charge in [0.1, 0.15) is 0 Å². The minimum absolute atomic E-state index is 0.185. The van der Waals surface area contributed by atoms with E-state index < -0.39 is 20.0 Å². The number of β-amino-alcohol motifs (C(OH)–C–C–N with tert-alkyl or cyclic N) is 1. The molecule has 2 atom stereocenters. The lowest BCUT2D eigenvalue weighted by molar-refractivity contribution is -0.130. The number of rotatable bonds is 3. The highest BCUT2D eigenvalue weighted by Gasteiger charge is 2.34. The molecule has 1 fully saturated rings. The molecule has 0 aliphatic carbocycles. The molecule has 0 aromatic rings. The van der Waals surface area contributed by atoms with Crippen LogP contribution in [-0.4, -0.2) is 51.0 Å². The van der Waals surface area contributed by atoms with Crippen LogP contribution >= 0.6 is 7.82 Å². The smallest absolute Gasteiger partial charge is 0.391 e. The number of aliphatic hydroxyl groups is 1. The van der Waals surface area contributed by atoms with E-state index in [9.17, 15) is 14.5 Å². The molecule has 0 radical (unpaired) electrons. The third kappa shape index (κ3) is 3.89. The Morgan fingerprint density at radius 3 is 2.67 bits per heavy atom. The molecule has 1 rings (SSSR count). The van der Waals surface area contributed by atoms with Crippen LogP contribution in [0.15, 0.2) is 0 Å². The fourth-order valence-corrected chi connectivity index (χ4v) is 1.99. The first kappa shape index (κ1) is 12.6. The third-order valence-electron chi connectivity index (χ3n) is 2.23. The quantitative estimate of drug-likeness (QED) is 0.549. The number of nitrogens with zero attached hydrogens (tertiary/aromatic N) is 1. The predicted octanol–water partition coefficient (Wildman–Crippen LogP) is -0.923. The number of aliphatic hydroxyl groups excluding tert-OH is 1. The van der Waals surface area contributed by atoms with Gasteiger partial charge < -0.3 is 19.8 Å². The maximum absolute atomic E-state index is 11.1. The summed E-state index contributed by atoms with van der Waals surface area (Å²) in [7, 11) is -4.51. The van der Waals surface area contributed by atoms with Crippen molar-refractivity contribution in [3.8, 4) is 0 Å². The molecule has 0 bridgehead atoms. The van der Waals surface area contributed by atoms with Crippen LogP contribution in [0.1, 0.15) is 13.3 Å². The summed E-state index contributed by atoms with van der Waals surface area (Å²) in [5, 5.41) is 9.30.